The Morgan fingerprint density at radius 3 is 2.62 bits per heavy atom. The predicted molar refractivity (Wildman–Crippen MR) is 79.5 cm³/mol. The van der Waals surface area contributed by atoms with Crippen LogP contribution in [0.2, 0.25) is 0 Å². The minimum Gasteiger partial charge on any atom is -0.465 e. The van der Waals surface area contributed by atoms with Crippen LogP contribution in [-0.2, 0) is 4.74 Å². The van der Waals surface area contributed by atoms with Gasteiger partial charge in [-0.1, -0.05) is 6.07 Å². The summed E-state index contributed by atoms with van der Waals surface area (Å²) in [5.74, 6) is -2.09. The molecule has 0 spiro atoms. The molecule has 21 heavy (non-hydrogen) atoms. The number of nitrogen functional groups attached to an aromatic ring is 1. The molecule has 2 rings (SSSR count). The van der Waals surface area contributed by atoms with Gasteiger partial charge in [-0.25, -0.2) is 13.6 Å². The lowest BCUT2D eigenvalue weighted by molar-refractivity contribution is 0.0602. The van der Waals surface area contributed by atoms with Gasteiger partial charge in [0.15, 0.2) is 0 Å². The number of methoxy groups -OCH3 is 1. The Bertz CT molecular complexity index is 708. The first-order valence-electron chi connectivity index (χ1n) is 5.82. The van der Waals surface area contributed by atoms with E-state index in [9.17, 15) is 13.6 Å². The second-order valence-electron chi connectivity index (χ2n) is 4.13. The highest BCUT2D eigenvalue weighted by atomic mass is 79.9. The van der Waals surface area contributed by atoms with E-state index >= 15 is 0 Å². The number of hydrogen-bond acceptors (Lipinski definition) is 4. The Hall–Kier alpha value is -2.15. The number of benzene rings is 2. The van der Waals surface area contributed by atoms with Crippen molar-refractivity contribution in [3.8, 4) is 0 Å². The number of nitrogens with two attached hydrogens (primary N) is 1. The molecule has 0 atom stereocenters. The van der Waals surface area contributed by atoms with E-state index in [1.807, 2.05) is 0 Å². The summed E-state index contributed by atoms with van der Waals surface area (Å²) in [6.07, 6.45) is 0. The lowest BCUT2D eigenvalue weighted by Crippen LogP contribution is -2.08. The molecule has 0 saturated heterocycles. The smallest absolute Gasteiger partial charge is 0.340 e. The summed E-state index contributed by atoms with van der Waals surface area (Å²) in [4.78, 5) is 11.5. The second kappa shape index (κ2) is 6.09. The highest BCUT2D eigenvalue weighted by Crippen LogP contribution is 2.30. The molecule has 0 saturated carbocycles. The molecule has 0 bridgehead atoms. The van der Waals surface area contributed by atoms with E-state index in [1.165, 1.54) is 19.2 Å². The van der Waals surface area contributed by atoms with Crippen molar-refractivity contribution < 1.29 is 18.3 Å². The van der Waals surface area contributed by atoms with Crippen LogP contribution in [0, 0.1) is 11.6 Å². The predicted octanol–water partition coefficient (Wildman–Crippen LogP) is 3.84. The minimum atomic E-state index is -0.779. The summed E-state index contributed by atoms with van der Waals surface area (Å²) < 4.78 is 31.6. The van der Waals surface area contributed by atoms with E-state index in [0.717, 1.165) is 6.07 Å². The number of nitrogens with one attached hydrogen (secondary N) is 1. The van der Waals surface area contributed by atoms with Crippen molar-refractivity contribution in [2.24, 2.45) is 0 Å². The van der Waals surface area contributed by atoms with Crippen LogP contribution < -0.4 is 11.1 Å². The Balaban J connectivity index is 2.41. The van der Waals surface area contributed by atoms with Crippen LogP contribution in [0.25, 0.3) is 0 Å². The van der Waals surface area contributed by atoms with Crippen molar-refractivity contribution in [2.75, 3.05) is 18.2 Å². The van der Waals surface area contributed by atoms with Crippen molar-refractivity contribution in [3.05, 3.63) is 52.0 Å². The molecule has 4 nitrogen and oxygen atoms in total. The topological polar surface area (TPSA) is 64.3 Å². The number of anilines is 3. The van der Waals surface area contributed by atoms with Gasteiger partial charge in [0.05, 0.1) is 34.2 Å². The van der Waals surface area contributed by atoms with Crippen LogP contribution in [0.1, 0.15) is 10.4 Å². The zero-order chi connectivity index (χ0) is 15.6. The number of para-hydroxylation sites is 1. The molecule has 110 valence electrons. The first kappa shape index (κ1) is 15.2. The van der Waals surface area contributed by atoms with E-state index in [-0.39, 0.29) is 21.4 Å². The standard InChI is InChI=1S/C14H11BrF2N2O2/c1-21-14(20)7-3-2-4-11(13(7)18)19-12-5-8(15)9(16)6-10(12)17/h2-6,19H,18H2,1H3. The maximum atomic E-state index is 13.7. The monoisotopic (exact) mass is 356 g/mol. The summed E-state index contributed by atoms with van der Waals surface area (Å²) in [6.45, 7) is 0. The van der Waals surface area contributed by atoms with E-state index in [4.69, 9.17) is 5.73 Å². The van der Waals surface area contributed by atoms with Crippen molar-refractivity contribution >= 4 is 39.0 Å². The SMILES string of the molecule is COC(=O)c1cccc(Nc2cc(Br)c(F)cc2F)c1N. The summed E-state index contributed by atoms with van der Waals surface area (Å²) in [7, 11) is 1.23. The Kier molecular flexibility index (Phi) is 4.42. The van der Waals surface area contributed by atoms with Crippen LogP contribution in [-0.4, -0.2) is 13.1 Å². The van der Waals surface area contributed by atoms with Gasteiger partial charge in [-0.3, -0.25) is 0 Å². The lowest BCUT2D eigenvalue weighted by atomic mass is 10.1. The van der Waals surface area contributed by atoms with Gasteiger partial charge < -0.3 is 15.8 Å². The van der Waals surface area contributed by atoms with E-state index in [2.05, 4.69) is 26.0 Å². The van der Waals surface area contributed by atoms with Gasteiger partial charge in [-0.05, 0) is 34.1 Å². The van der Waals surface area contributed by atoms with Gasteiger partial charge >= 0.3 is 5.97 Å². The largest absolute Gasteiger partial charge is 0.465 e. The summed E-state index contributed by atoms with van der Waals surface area (Å²) in [6, 6.07) is 6.62. The fourth-order valence-electron chi connectivity index (χ4n) is 1.73. The van der Waals surface area contributed by atoms with Crippen LogP contribution in [0.3, 0.4) is 0 Å². The minimum absolute atomic E-state index is 0.0250. The first-order chi connectivity index (χ1) is 9.93. The van der Waals surface area contributed by atoms with Gasteiger partial charge in [-0.15, -0.1) is 0 Å². The third-order valence-corrected chi connectivity index (χ3v) is 3.40. The molecule has 0 aromatic heterocycles. The van der Waals surface area contributed by atoms with Crippen molar-refractivity contribution in [2.45, 2.75) is 0 Å². The molecule has 2 aromatic rings. The lowest BCUT2D eigenvalue weighted by Gasteiger charge is -2.13. The molecule has 0 heterocycles. The number of halogens is 3. The fraction of sp³-hybridized carbons (Fsp3) is 0.0714. The zero-order valence-electron chi connectivity index (χ0n) is 10.9. The van der Waals surface area contributed by atoms with Crippen molar-refractivity contribution in [1.29, 1.82) is 0 Å². The van der Waals surface area contributed by atoms with Gasteiger partial charge in [0, 0.05) is 6.07 Å². The molecule has 3 N–H and O–H groups in total. The summed E-state index contributed by atoms with van der Waals surface area (Å²) >= 11 is 2.97. The van der Waals surface area contributed by atoms with Crippen LogP contribution >= 0.6 is 15.9 Å². The number of hydrogen-bond donors (Lipinski definition) is 2. The third kappa shape index (κ3) is 3.13. The van der Waals surface area contributed by atoms with Crippen LogP contribution in [0.15, 0.2) is 34.8 Å². The number of rotatable bonds is 3. The molecule has 0 aliphatic rings. The zero-order valence-corrected chi connectivity index (χ0v) is 12.5. The van der Waals surface area contributed by atoms with Gasteiger partial charge in [0.2, 0.25) is 0 Å². The highest BCUT2D eigenvalue weighted by molar-refractivity contribution is 9.10. The molecule has 7 heteroatoms. The van der Waals surface area contributed by atoms with Crippen LogP contribution in [0.4, 0.5) is 25.8 Å². The molecule has 0 fully saturated rings. The van der Waals surface area contributed by atoms with Gasteiger partial charge in [-0.2, -0.15) is 0 Å². The summed E-state index contributed by atoms with van der Waals surface area (Å²) in [5.41, 5.74) is 6.47. The molecular formula is C14H11BrF2N2O2. The molecule has 0 aliphatic heterocycles. The average molecular weight is 357 g/mol. The Labute approximate surface area is 128 Å². The highest BCUT2D eigenvalue weighted by Gasteiger charge is 2.14. The maximum Gasteiger partial charge on any atom is 0.340 e. The molecule has 0 amide bonds. The van der Waals surface area contributed by atoms with Crippen LogP contribution in [0.5, 0.6) is 0 Å². The molecular weight excluding hydrogens is 346 g/mol. The van der Waals surface area contributed by atoms with Gasteiger partial charge in [0.25, 0.3) is 0 Å². The molecule has 2 aromatic carbocycles. The average Bonchev–Trinajstić information content (AvgIpc) is 2.46. The second-order valence-corrected chi connectivity index (χ2v) is 4.98. The summed E-state index contributed by atoms with van der Waals surface area (Å²) in [5, 5.41) is 2.72. The van der Waals surface area contributed by atoms with Crippen molar-refractivity contribution in [3.63, 3.8) is 0 Å². The molecule has 0 unspecified atom stereocenters. The van der Waals surface area contributed by atoms with E-state index in [0.29, 0.717) is 5.69 Å². The van der Waals surface area contributed by atoms with Crippen molar-refractivity contribution in [1.82, 2.24) is 0 Å². The fourth-order valence-corrected chi connectivity index (χ4v) is 2.07. The maximum absolute atomic E-state index is 13.7. The first-order valence-corrected chi connectivity index (χ1v) is 6.61. The Morgan fingerprint density at radius 1 is 1.24 bits per heavy atom. The molecule has 0 aliphatic carbocycles. The van der Waals surface area contributed by atoms with E-state index in [1.54, 1.807) is 12.1 Å². The number of ether oxygens (including phenoxy) is 1. The third-order valence-electron chi connectivity index (χ3n) is 2.79. The molecule has 0 radical (unpaired) electrons. The Morgan fingerprint density at radius 2 is 1.95 bits per heavy atom. The van der Waals surface area contributed by atoms with E-state index < -0.39 is 17.6 Å². The van der Waals surface area contributed by atoms with Gasteiger partial charge in [0.1, 0.15) is 11.6 Å². The number of carbonyl (C=O) groups is 1. The quantitative estimate of drug-likeness (QED) is 0.498. The normalized spacial score (nSPS) is 10.3. The number of carbonyl (C=O) groups excluding carboxylic acids is 1. The number of esters is 1.